The van der Waals surface area contributed by atoms with Crippen LogP contribution in [0.5, 0.6) is 5.75 Å². The molecule has 2 amide bonds. The Morgan fingerprint density at radius 2 is 1.58 bits per heavy atom. The van der Waals surface area contributed by atoms with Crippen molar-refractivity contribution in [3.05, 3.63) is 90.0 Å². The molecule has 3 aromatic carbocycles. The highest BCUT2D eigenvalue weighted by atomic mass is 32.2. The van der Waals surface area contributed by atoms with E-state index >= 15 is 0 Å². The van der Waals surface area contributed by atoms with Gasteiger partial charge in [-0.2, -0.15) is 0 Å². The summed E-state index contributed by atoms with van der Waals surface area (Å²) >= 11 is 0. The molecule has 1 N–H and O–H groups in total. The molecule has 0 heterocycles. The van der Waals surface area contributed by atoms with E-state index in [0.717, 1.165) is 15.4 Å². The molecule has 3 rings (SSSR count). The molecule has 0 radical (unpaired) electrons. The van der Waals surface area contributed by atoms with Gasteiger partial charge in [-0.3, -0.25) is 13.9 Å². The Bertz CT molecular complexity index is 1360. The number of benzene rings is 3. The van der Waals surface area contributed by atoms with E-state index in [2.05, 4.69) is 5.32 Å². The quantitative estimate of drug-likeness (QED) is 0.397. The third-order valence-electron chi connectivity index (χ3n) is 6.00. The Hall–Kier alpha value is -3.85. The van der Waals surface area contributed by atoms with E-state index in [9.17, 15) is 18.0 Å². The van der Waals surface area contributed by atoms with E-state index in [1.54, 1.807) is 49.4 Å². The fourth-order valence-corrected chi connectivity index (χ4v) is 5.51. The van der Waals surface area contributed by atoms with Crippen molar-refractivity contribution in [3.63, 3.8) is 0 Å². The van der Waals surface area contributed by atoms with E-state index in [0.29, 0.717) is 5.75 Å². The normalized spacial score (nSPS) is 12.1. The maximum absolute atomic E-state index is 13.9. The number of nitrogens with one attached hydrogen (secondary N) is 1. The summed E-state index contributed by atoms with van der Waals surface area (Å²) < 4.78 is 34.1. The Kier molecular flexibility index (Phi) is 9.52. The van der Waals surface area contributed by atoms with Gasteiger partial charge in [0.1, 0.15) is 18.3 Å². The van der Waals surface area contributed by atoms with Gasteiger partial charge >= 0.3 is 0 Å². The highest BCUT2D eigenvalue weighted by Gasteiger charge is 2.33. The van der Waals surface area contributed by atoms with Crippen LogP contribution in [0.3, 0.4) is 0 Å². The lowest BCUT2D eigenvalue weighted by Gasteiger charge is -2.32. The van der Waals surface area contributed by atoms with Crippen LogP contribution < -0.4 is 14.4 Å². The number of hydrogen-bond donors (Lipinski definition) is 1. The van der Waals surface area contributed by atoms with Gasteiger partial charge < -0.3 is 15.0 Å². The lowest BCUT2D eigenvalue weighted by Crippen LogP contribution is -2.52. The molecule has 9 heteroatoms. The van der Waals surface area contributed by atoms with Crippen LogP contribution in [0.4, 0.5) is 5.69 Å². The minimum Gasteiger partial charge on any atom is -0.495 e. The first-order valence-corrected chi connectivity index (χ1v) is 13.8. The van der Waals surface area contributed by atoms with Gasteiger partial charge in [-0.05, 0) is 57.5 Å². The second kappa shape index (κ2) is 12.6. The third-order valence-corrected chi connectivity index (χ3v) is 7.77. The monoisotopic (exact) mass is 537 g/mol. The number of para-hydroxylation sites is 2. The number of ether oxygens (including phenoxy) is 1. The molecule has 0 spiro atoms. The highest BCUT2D eigenvalue weighted by Crippen LogP contribution is 2.32. The van der Waals surface area contributed by atoms with Crippen molar-refractivity contribution in [1.29, 1.82) is 0 Å². The fourth-order valence-electron chi connectivity index (χ4n) is 4.06. The number of hydrogen-bond acceptors (Lipinski definition) is 5. The molecule has 0 saturated heterocycles. The molecule has 0 bridgehead atoms. The van der Waals surface area contributed by atoms with Crippen LogP contribution in [0.15, 0.2) is 83.8 Å². The Morgan fingerprint density at radius 1 is 0.921 bits per heavy atom. The predicted octanol–water partition coefficient (Wildman–Crippen LogP) is 4.14. The molecule has 38 heavy (non-hydrogen) atoms. The number of aryl methyl sites for hydroxylation is 1. The molecule has 0 saturated carbocycles. The average Bonchev–Trinajstić information content (AvgIpc) is 2.90. The molecule has 8 nitrogen and oxygen atoms in total. The van der Waals surface area contributed by atoms with Crippen molar-refractivity contribution in [3.8, 4) is 5.75 Å². The lowest BCUT2D eigenvalue weighted by molar-refractivity contribution is -0.139. The van der Waals surface area contributed by atoms with Gasteiger partial charge in [0, 0.05) is 12.6 Å². The number of sulfonamides is 1. The molecular formula is C29H35N3O5S. The second-order valence-corrected chi connectivity index (χ2v) is 11.2. The summed E-state index contributed by atoms with van der Waals surface area (Å²) in [6, 6.07) is 21.2. The van der Waals surface area contributed by atoms with Crippen molar-refractivity contribution in [2.24, 2.45) is 0 Å². The molecule has 0 fully saturated rings. The summed E-state index contributed by atoms with van der Waals surface area (Å²) in [7, 11) is -2.71. The van der Waals surface area contributed by atoms with Crippen molar-refractivity contribution in [2.75, 3.05) is 18.0 Å². The van der Waals surface area contributed by atoms with E-state index in [-0.39, 0.29) is 29.1 Å². The first-order valence-electron chi connectivity index (χ1n) is 12.4. The minimum absolute atomic E-state index is 0.0366. The summed E-state index contributed by atoms with van der Waals surface area (Å²) in [6.45, 7) is 6.88. The Balaban J connectivity index is 2.06. The molecule has 0 aliphatic carbocycles. The maximum atomic E-state index is 13.9. The number of amides is 2. The van der Waals surface area contributed by atoms with Crippen molar-refractivity contribution in [2.45, 2.75) is 51.2 Å². The van der Waals surface area contributed by atoms with Crippen molar-refractivity contribution in [1.82, 2.24) is 10.2 Å². The largest absolute Gasteiger partial charge is 0.495 e. The second-order valence-electron chi connectivity index (χ2n) is 9.35. The highest BCUT2D eigenvalue weighted by molar-refractivity contribution is 7.92. The molecule has 1 unspecified atom stereocenters. The van der Waals surface area contributed by atoms with Crippen LogP contribution in [0.2, 0.25) is 0 Å². The summed E-state index contributed by atoms with van der Waals surface area (Å²) in [5.74, 6) is -0.547. The van der Waals surface area contributed by atoms with Crippen molar-refractivity contribution >= 4 is 27.5 Å². The first kappa shape index (κ1) is 28.7. The molecular weight excluding hydrogens is 502 g/mol. The van der Waals surface area contributed by atoms with Crippen LogP contribution in [-0.4, -0.2) is 50.9 Å². The number of nitrogens with zero attached hydrogens (tertiary/aromatic N) is 2. The van der Waals surface area contributed by atoms with E-state index in [1.807, 2.05) is 45.0 Å². The van der Waals surface area contributed by atoms with Crippen molar-refractivity contribution < 1.29 is 22.7 Å². The van der Waals surface area contributed by atoms with Crippen LogP contribution in [0, 0.1) is 6.92 Å². The molecule has 202 valence electrons. The number of carbonyl (C=O) groups is 2. The minimum atomic E-state index is -4.15. The number of carbonyl (C=O) groups excluding carboxylic acids is 2. The zero-order valence-electron chi connectivity index (χ0n) is 22.4. The summed E-state index contributed by atoms with van der Waals surface area (Å²) in [5, 5.41) is 2.85. The third kappa shape index (κ3) is 6.92. The summed E-state index contributed by atoms with van der Waals surface area (Å²) in [4.78, 5) is 28.3. The van der Waals surface area contributed by atoms with Gasteiger partial charge in [0.2, 0.25) is 11.8 Å². The maximum Gasteiger partial charge on any atom is 0.264 e. The standard InChI is InChI=1S/C29H35N3O5S/c1-21(2)30-29(34)23(4)31(19-24-13-11-12-22(3)18-24)28(33)20-32(26-16-9-10-17-27(26)37-5)38(35,36)25-14-7-6-8-15-25/h6-18,21,23H,19-20H2,1-5H3,(H,30,34). The Morgan fingerprint density at radius 3 is 2.21 bits per heavy atom. The Labute approximate surface area is 225 Å². The van der Waals surface area contributed by atoms with Gasteiger partial charge in [-0.25, -0.2) is 8.42 Å². The van der Waals surface area contributed by atoms with Gasteiger partial charge in [0.25, 0.3) is 10.0 Å². The van der Waals surface area contributed by atoms with E-state index in [1.165, 1.54) is 24.1 Å². The van der Waals surface area contributed by atoms with Crippen LogP contribution >= 0.6 is 0 Å². The lowest BCUT2D eigenvalue weighted by atomic mass is 10.1. The van der Waals surface area contributed by atoms with Gasteiger partial charge in [-0.1, -0.05) is 60.2 Å². The average molecular weight is 538 g/mol. The molecule has 3 aromatic rings. The topological polar surface area (TPSA) is 96.0 Å². The van der Waals surface area contributed by atoms with Gasteiger partial charge in [-0.15, -0.1) is 0 Å². The van der Waals surface area contributed by atoms with Gasteiger partial charge in [0.15, 0.2) is 0 Å². The molecule has 0 aliphatic rings. The van der Waals surface area contributed by atoms with Crippen LogP contribution in [-0.2, 0) is 26.2 Å². The van der Waals surface area contributed by atoms with Crippen LogP contribution in [0.25, 0.3) is 0 Å². The molecule has 0 aliphatic heterocycles. The number of rotatable bonds is 11. The number of methoxy groups -OCH3 is 1. The molecule has 1 atom stereocenters. The number of anilines is 1. The van der Waals surface area contributed by atoms with Crippen LogP contribution in [0.1, 0.15) is 31.9 Å². The molecule has 0 aromatic heterocycles. The predicted molar refractivity (Wildman–Crippen MR) is 148 cm³/mol. The first-order chi connectivity index (χ1) is 18.0. The van der Waals surface area contributed by atoms with Gasteiger partial charge in [0.05, 0.1) is 17.7 Å². The summed E-state index contributed by atoms with van der Waals surface area (Å²) in [5.41, 5.74) is 2.07. The smallest absolute Gasteiger partial charge is 0.264 e. The van der Waals surface area contributed by atoms with E-state index in [4.69, 9.17) is 4.74 Å². The fraction of sp³-hybridized carbons (Fsp3) is 0.310. The zero-order chi connectivity index (χ0) is 27.9. The van der Waals surface area contributed by atoms with E-state index < -0.39 is 28.5 Å². The summed E-state index contributed by atoms with van der Waals surface area (Å²) in [6.07, 6.45) is 0. The zero-order valence-corrected chi connectivity index (χ0v) is 23.2. The SMILES string of the molecule is COc1ccccc1N(CC(=O)N(Cc1cccc(C)c1)C(C)C(=O)NC(C)C)S(=O)(=O)c1ccccc1.